The van der Waals surface area contributed by atoms with Gasteiger partial charge in [0.05, 0.1) is 29.0 Å². The lowest BCUT2D eigenvalue weighted by molar-refractivity contribution is -0.143. The molecule has 2 aromatic carbocycles. The van der Waals surface area contributed by atoms with Gasteiger partial charge in [0.2, 0.25) is 11.8 Å². The predicted octanol–water partition coefficient (Wildman–Crippen LogP) is 6.50. The van der Waals surface area contributed by atoms with Gasteiger partial charge in [0.25, 0.3) is 0 Å². The van der Waals surface area contributed by atoms with Crippen LogP contribution in [-0.4, -0.2) is 24.1 Å². The van der Waals surface area contributed by atoms with Crippen molar-refractivity contribution >= 4 is 23.3 Å². The molecule has 0 bridgehead atoms. The van der Waals surface area contributed by atoms with Crippen LogP contribution in [0.15, 0.2) is 42.5 Å². The van der Waals surface area contributed by atoms with Crippen LogP contribution in [-0.2, 0) is 32.3 Å². The van der Waals surface area contributed by atoms with Crippen molar-refractivity contribution < 1.29 is 40.7 Å². The van der Waals surface area contributed by atoms with E-state index in [1.54, 1.807) is 24.3 Å². The summed E-state index contributed by atoms with van der Waals surface area (Å²) in [6, 6.07) is 8.18. The monoisotopic (exact) mass is 554 g/mol. The summed E-state index contributed by atoms with van der Waals surface area (Å²) in [7, 11) is 0. The summed E-state index contributed by atoms with van der Waals surface area (Å²) in [5.74, 6) is -2.38. The van der Waals surface area contributed by atoms with E-state index in [1.807, 2.05) is 0 Å². The van der Waals surface area contributed by atoms with Crippen molar-refractivity contribution in [1.82, 2.24) is 5.32 Å². The van der Waals surface area contributed by atoms with Crippen LogP contribution < -0.4 is 10.2 Å². The Labute approximate surface area is 221 Å². The van der Waals surface area contributed by atoms with Crippen molar-refractivity contribution in [3.05, 3.63) is 64.7 Å². The Hall–Kier alpha value is -3.37. The molecule has 210 valence electrons. The van der Waals surface area contributed by atoms with E-state index in [4.69, 9.17) is 0 Å². The van der Waals surface area contributed by atoms with E-state index >= 15 is 0 Å². The van der Waals surface area contributed by atoms with Gasteiger partial charge in [0.15, 0.2) is 0 Å². The third-order valence-electron chi connectivity index (χ3n) is 7.57. The molecule has 5 nitrogen and oxygen atoms in total. The molecule has 1 atom stereocenters. The molecule has 2 aliphatic rings. The Morgan fingerprint density at radius 1 is 0.897 bits per heavy atom. The summed E-state index contributed by atoms with van der Waals surface area (Å²) in [4.78, 5) is 38.7. The first kappa shape index (κ1) is 28.6. The molecule has 1 heterocycles. The van der Waals surface area contributed by atoms with Gasteiger partial charge in [-0.05, 0) is 61.2 Å². The standard InChI is InChI=1S/C28H28F6N2O3/c1-17(18-13-20(27(29,30)31)15-21(14-18)28(32,33)34)25(39)35-26(10-3-2-4-11-26)19-5-7-22(8-6-19)36-12-9-23(37)16-24(36)38/h5-8,13-15,17H,2-4,9-12,16H2,1H3,(H,35,39). The van der Waals surface area contributed by atoms with E-state index in [9.17, 15) is 40.7 Å². The molecule has 2 aromatic rings. The van der Waals surface area contributed by atoms with E-state index in [0.29, 0.717) is 30.7 Å². The minimum Gasteiger partial charge on any atom is -0.346 e. The van der Waals surface area contributed by atoms with E-state index < -0.39 is 40.8 Å². The summed E-state index contributed by atoms with van der Waals surface area (Å²) < 4.78 is 80.1. The lowest BCUT2D eigenvalue weighted by atomic mass is 9.76. The second-order valence-electron chi connectivity index (χ2n) is 10.3. The highest BCUT2D eigenvalue weighted by Gasteiger charge is 2.40. The number of ketones is 1. The van der Waals surface area contributed by atoms with Crippen LogP contribution in [0.5, 0.6) is 0 Å². The number of nitrogens with one attached hydrogen (secondary N) is 1. The zero-order chi connectivity index (χ0) is 28.6. The topological polar surface area (TPSA) is 66.5 Å². The van der Waals surface area contributed by atoms with Crippen molar-refractivity contribution in [3.8, 4) is 0 Å². The average molecular weight is 555 g/mol. The van der Waals surface area contributed by atoms with Crippen molar-refractivity contribution in [2.75, 3.05) is 11.4 Å². The highest BCUT2D eigenvalue weighted by atomic mass is 19.4. The molecular formula is C28H28F6N2O3. The number of anilines is 1. The molecule has 0 spiro atoms. The Balaban J connectivity index is 1.61. The molecule has 1 saturated carbocycles. The number of carbonyl (C=O) groups is 3. The van der Waals surface area contributed by atoms with E-state index in [0.717, 1.165) is 24.8 Å². The van der Waals surface area contributed by atoms with Crippen LogP contribution in [0.3, 0.4) is 0 Å². The van der Waals surface area contributed by atoms with Gasteiger partial charge in [-0.15, -0.1) is 0 Å². The first-order valence-electron chi connectivity index (χ1n) is 12.7. The summed E-state index contributed by atoms with van der Waals surface area (Å²) in [5, 5.41) is 2.95. The minimum atomic E-state index is -5.01. The molecule has 0 radical (unpaired) electrons. The van der Waals surface area contributed by atoms with Crippen LogP contribution in [0.1, 0.15) is 80.0 Å². The number of amides is 2. The molecule has 1 unspecified atom stereocenters. The van der Waals surface area contributed by atoms with Crippen molar-refractivity contribution in [3.63, 3.8) is 0 Å². The van der Waals surface area contributed by atoms with Gasteiger partial charge in [0, 0.05) is 18.7 Å². The second kappa shape index (κ2) is 10.7. The first-order valence-corrected chi connectivity index (χ1v) is 12.7. The first-order chi connectivity index (χ1) is 18.2. The number of alkyl halides is 6. The van der Waals surface area contributed by atoms with Gasteiger partial charge in [-0.2, -0.15) is 26.3 Å². The highest BCUT2D eigenvalue weighted by Crippen LogP contribution is 2.40. The molecule has 1 N–H and O–H groups in total. The molecule has 0 aromatic heterocycles. The number of carbonyl (C=O) groups excluding carboxylic acids is 3. The maximum Gasteiger partial charge on any atom is 0.416 e. The highest BCUT2D eigenvalue weighted by molar-refractivity contribution is 6.08. The van der Waals surface area contributed by atoms with Crippen molar-refractivity contribution in [2.45, 2.75) is 75.7 Å². The van der Waals surface area contributed by atoms with Crippen LogP contribution in [0.4, 0.5) is 32.0 Å². The molecule has 11 heteroatoms. The number of halogens is 6. The number of hydrogen-bond acceptors (Lipinski definition) is 3. The van der Waals surface area contributed by atoms with Gasteiger partial charge in [-0.25, -0.2) is 0 Å². The molecular weight excluding hydrogens is 526 g/mol. The summed E-state index contributed by atoms with van der Waals surface area (Å²) >= 11 is 0. The fourth-order valence-corrected chi connectivity index (χ4v) is 5.31. The van der Waals surface area contributed by atoms with Gasteiger partial charge < -0.3 is 10.2 Å². The van der Waals surface area contributed by atoms with E-state index in [-0.39, 0.29) is 42.7 Å². The molecule has 39 heavy (non-hydrogen) atoms. The molecule has 1 saturated heterocycles. The predicted molar refractivity (Wildman–Crippen MR) is 131 cm³/mol. The fraction of sp³-hybridized carbons (Fsp3) is 0.464. The zero-order valence-electron chi connectivity index (χ0n) is 21.2. The zero-order valence-corrected chi connectivity index (χ0v) is 21.2. The average Bonchev–Trinajstić information content (AvgIpc) is 2.87. The van der Waals surface area contributed by atoms with E-state index in [2.05, 4.69) is 5.32 Å². The minimum absolute atomic E-state index is 0.0429. The maximum atomic E-state index is 13.4. The number of nitrogens with zero attached hydrogens (tertiary/aromatic N) is 1. The van der Waals surface area contributed by atoms with Crippen molar-refractivity contribution in [2.24, 2.45) is 0 Å². The van der Waals surface area contributed by atoms with Gasteiger partial charge >= 0.3 is 12.4 Å². The van der Waals surface area contributed by atoms with Crippen LogP contribution >= 0.6 is 0 Å². The number of piperidine rings is 1. The molecule has 2 fully saturated rings. The SMILES string of the molecule is CC(C(=O)NC1(c2ccc(N3CCC(=O)CC3=O)cc2)CCCCC1)c1cc(C(F)(F)F)cc(C(F)(F)F)c1. The molecule has 1 aliphatic heterocycles. The van der Waals surface area contributed by atoms with Crippen molar-refractivity contribution in [1.29, 1.82) is 0 Å². The summed E-state index contributed by atoms with van der Waals surface area (Å²) in [6.07, 6.45) is -6.39. The number of rotatable bonds is 5. The molecule has 1 aliphatic carbocycles. The summed E-state index contributed by atoms with van der Waals surface area (Å²) in [5.41, 5.74) is -2.85. The molecule has 2 amide bonds. The number of benzene rings is 2. The third-order valence-corrected chi connectivity index (χ3v) is 7.57. The smallest absolute Gasteiger partial charge is 0.346 e. The fourth-order valence-electron chi connectivity index (χ4n) is 5.31. The third kappa shape index (κ3) is 6.28. The van der Waals surface area contributed by atoms with Crippen LogP contribution in [0, 0.1) is 0 Å². The maximum absolute atomic E-state index is 13.4. The number of hydrogen-bond donors (Lipinski definition) is 1. The number of Topliss-reactive ketones (excluding diaryl/α,β-unsaturated/α-hetero) is 1. The Bertz CT molecular complexity index is 1220. The lowest BCUT2D eigenvalue weighted by Gasteiger charge is -2.40. The van der Waals surface area contributed by atoms with Crippen LogP contribution in [0.2, 0.25) is 0 Å². The second-order valence-corrected chi connectivity index (χ2v) is 10.3. The van der Waals surface area contributed by atoms with Crippen LogP contribution in [0.25, 0.3) is 0 Å². The Kier molecular flexibility index (Phi) is 7.82. The summed E-state index contributed by atoms with van der Waals surface area (Å²) in [6.45, 7) is 1.56. The Morgan fingerprint density at radius 2 is 1.46 bits per heavy atom. The van der Waals surface area contributed by atoms with E-state index in [1.165, 1.54) is 11.8 Å². The molecule has 4 rings (SSSR count). The van der Waals surface area contributed by atoms with Gasteiger partial charge in [-0.3, -0.25) is 14.4 Å². The van der Waals surface area contributed by atoms with Gasteiger partial charge in [0.1, 0.15) is 5.78 Å². The largest absolute Gasteiger partial charge is 0.416 e. The normalized spacial score (nSPS) is 19.1. The van der Waals surface area contributed by atoms with Gasteiger partial charge in [-0.1, -0.05) is 31.4 Å². The Morgan fingerprint density at radius 3 is 1.97 bits per heavy atom. The quantitative estimate of drug-likeness (QED) is 0.339. The lowest BCUT2D eigenvalue weighted by Crippen LogP contribution is -2.48.